The predicted molar refractivity (Wildman–Crippen MR) is 80.0 cm³/mol. The topological polar surface area (TPSA) is 35.5 Å². The van der Waals surface area contributed by atoms with Crippen molar-refractivity contribution in [2.45, 2.75) is 54.3 Å². The van der Waals surface area contributed by atoms with Crippen molar-refractivity contribution in [3.8, 4) is 0 Å². The lowest BCUT2D eigenvalue weighted by molar-refractivity contribution is -0.151. The smallest absolute Gasteiger partial charge is 0.306 e. The Kier molecular flexibility index (Phi) is 12.3. The van der Waals surface area contributed by atoms with Gasteiger partial charge >= 0.3 is 5.97 Å². The van der Waals surface area contributed by atoms with Gasteiger partial charge < -0.3 is 9.47 Å². The maximum Gasteiger partial charge on any atom is 0.306 e. The van der Waals surface area contributed by atoms with Crippen molar-refractivity contribution < 1.29 is 14.3 Å². The number of carbonyl (C=O) groups is 1. The molecule has 1 aromatic carbocycles. The Bertz CT molecular complexity index is 322. The van der Waals surface area contributed by atoms with Gasteiger partial charge in [-0.1, -0.05) is 52.1 Å². The van der Waals surface area contributed by atoms with Gasteiger partial charge in [-0.15, -0.1) is 0 Å². The Morgan fingerprint density at radius 1 is 1.21 bits per heavy atom. The van der Waals surface area contributed by atoms with E-state index in [9.17, 15) is 4.79 Å². The molecule has 0 radical (unpaired) electrons. The van der Waals surface area contributed by atoms with Crippen LogP contribution in [0.5, 0.6) is 0 Å². The van der Waals surface area contributed by atoms with Crippen molar-refractivity contribution in [3.05, 3.63) is 35.9 Å². The number of carbonyl (C=O) groups excluding carboxylic acids is 1. The maximum atomic E-state index is 11.2. The summed E-state index contributed by atoms with van der Waals surface area (Å²) in [6.07, 6.45) is 1.11. The first-order chi connectivity index (χ1) is 8.22. The van der Waals surface area contributed by atoms with Gasteiger partial charge in [-0.05, 0) is 18.9 Å². The quantitative estimate of drug-likeness (QED) is 0.695. The second-order valence-electron chi connectivity index (χ2n) is 4.05. The van der Waals surface area contributed by atoms with Gasteiger partial charge in [-0.3, -0.25) is 4.79 Å². The average Bonchev–Trinajstić information content (AvgIpc) is 2.30. The van der Waals surface area contributed by atoms with Gasteiger partial charge in [-0.25, -0.2) is 0 Å². The molecule has 110 valence electrons. The van der Waals surface area contributed by atoms with Crippen LogP contribution < -0.4 is 0 Å². The standard InChI is InChI=1S/C14H20O3.2CH4/c1-3-7-14(15)17-12(2)10-16-11-13-8-5-4-6-9-13;;/h4-6,8-9,12H,3,7,10-11H2,1-2H3;2*1H4. The number of hydrogen-bond donors (Lipinski definition) is 0. The second kappa shape index (κ2) is 11.7. The first-order valence-corrected chi connectivity index (χ1v) is 6.03. The largest absolute Gasteiger partial charge is 0.460 e. The van der Waals surface area contributed by atoms with Crippen LogP contribution in [-0.2, 0) is 20.9 Å². The Hall–Kier alpha value is -1.35. The Morgan fingerprint density at radius 3 is 2.42 bits per heavy atom. The second-order valence-corrected chi connectivity index (χ2v) is 4.05. The van der Waals surface area contributed by atoms with E-state index in [0.717, 1.165) is 12.0 Å². The van der Waals surface area contributed by atoms with E-state index in [0.29, 0.717) is 19.6 Å². The molecule has 0 fully saturated rings. The van der Waals surface area contributed by atoms with Crippen molar-refractivity contribution in [2.75, 3.05) is 6.61 Å². The van der Waals surface area contributed by atoms with Crippen LogP contribution >= 0.6 is 0 Å². The molecule has 0 spiro atoms. The minimum absolute atomic E-state index is 0. The third-order valence-corrected chi connectivity index (χ3v) is 2.25. The Labute approximate surface area is 117 Å². The van der Waals surface area contributed by atoms with Crippen molar-refractivity contribution in [3.63, 3.8) is 0 Å². The van der Waals surface area contributed by atoms with Crippen LogP contribution in [0.25, 0.3) is 0 Å². The van der Waals surface area contributed by atoms with E-state index < -0.39 is 0 Å². The fourth-order valence-electron chi connectivity index (χ4n) is 1.44. The molecule has 1 rings (SSSR count). The van der Waals surface area contributed by atoms with Crippen molar-refractivity contribution in [1.29, 1.82) is 0 Å². The molecule has 3 nitrogen and oxygen atoms in total. The number of rotatable bonds is 7. The van der Waals surface area contributed by atoms with Crippen LogP contribution in [-0.4, -0.2) is 18.7 Å². The van der Waals surface area contributed by atoms with Crippen LogP contribution in [0.3, 0.4) is 0 Å². The number of ether oxygens (including phenoxy) is 2. The highest BCUT2D eigenvalue weighted by molar-refractivity contribution is 5.69. The Balaban J connectivity index is 0. The number of esters is 1. The molecule has 0 amide bonds. The first-order valence-electron chi connectivity index (χ1n) is 6.03. The van der Waals surface area contributed by atoms with Gasteiger partial charge in [0.2, 0.25) is 0 Å². The van der Waals surface area contributed by atoms with E-state index in [1.165, 1.54) is 0 Å². The highest BCUT2D eigenvalue weighted by atomic mass is 16.6. The predicted octanol–water partition coefficient (Wildman–Crippen LogP) is 4.21. The zero-order valence-electron chi connectivity index (χ0n) is 10.5. The lowest BCUT2D eigenvalue weighted by atomic mass is 10.2. The normalized spacial score (nSPS) is 10.8. The number of hydrogen-bond acceptors (Lipinski definition) is 3. The van der Waals surface area contributed by atoms with Crippen LogP contribution in [0.4, 0.5) is 0 Å². The van der Waals surface area contributed by atoms with Crippen LogP contribution in [0.1, 0.15) is 47.1 Å². The summed E-state index contributed by atoms with van der Waals surface area (Å²) in [5, 5.41) is 0. The molecule has 1 aromatic rings. The van der Waals surface area contributed by atoms with E-state index >= 15 is 0 Å². The summed E-state index contributed by atoms with van der Waals surface area (Å²) in [6.45, 7) is 4.79. The molecule has 0 aliphatic carbocycles. The summed E-state index contributed by atoms with van der Waals surface area (Å²) in [5.74, 6) is -0.150. The molecular weight excluding hydrogens is 240 g/mol. The fourth-order valence-corrected chi connectivity index (χ4v) is 1.44. The molecule has 19 heavy (non-hydrogen) atoms. The van der Waals surface area contributed by atoms with Crippen LogP contribution in [0, 0.1) is 0 Å². The highest BCUT2D eigenvalue weighted by Gasteiger charge is 2.08. The lowest BCUT2D eigenvalue weighted by Crippen LogP contribution is -2.20. The molecule has 0 saturated heterocycles. The van der Waals surface area contributed by atoms with Gasteiger partial charge in [0, 0.05) is 6.42 Å². The van der Waals surface area contributed by atoms with Crippen molar-refractivity contribution in [1.82, 2.24) is 0 Å². The molecule has 0 aromatic heterocycles. The monoisotopic (exact) mass is 268 g/mol. The lowest BCUT2D eigenvalue weighted by Gasteiger charge is -2.13. The summed E-state index contributed by atoms with van der Waals surface area (Å²) < 4.78 is 10.6. The SMILES string of the molecule is C.C.CCCC(=O)OC(C)COCc1ccccc1. The summed E-state index contributed by atoms with van der Waals surface area (Å²) in [4.78, 5) is 11.2. The van der Waals surface area contributed by atoms with E-state index in [2.05, 4.69) is 0 Å². The van der Waals surface area contributed by atoms with E-state index in [-0.39, 0.29) is 26.9 Å². The summed E-state index contributed by atoms with van der Waals surface area (Å²) in [7, 11) is 0. The third kappa shape index (κ3) is 9.25. The molecule has 0 N–H and O–H groups in total. The number of benzene rings is 1. The summed E-state index contributed by atoms with van der Waals surface area (Å²) in [5.41, 5.74) is 1.12. The average molecular weight is 268 g/mol. The molecule has 0 aliphatic rings. The minimum Gasteiger partial charge on any atom is -0.460 e. The van der Waals surface area contributed by atoms with E-state index in [4.69, 9.17) is 9.47 Å². The van der Waals surface area contributed by atoms with Gasteiger partial charge in [-0.2, -0.15) is 0 Å². The van der Waals surface area contributed by atoms with Crippen molar-refractivity contribution in [2.24, 2.45) is 0 Å². The molecular formula is C16H28O3. The maximum absolute atomic E-state index is 11.2. The highest BCUT2D eigenvalue weighted by Crippen LogP contribution is 2.03. The zero-order chi connectivity index (χ0) is 12.5. The summed E-state index contributed by atoms with van der Waals surface area (Å²) >= 11 is 0. The van der Waals surface area contributed by atoms with E-state index in [1.54, 1.807) is 0 Å². The molecule has 0 heterocycles. The minimum atomic E-state index is -0.183. The Morgan fingerprint density at radius 2 is 1.84 bits per heavy atom. The molecule has 0 aliphatic heterocycles. The molecule has 1 unspecified atom stereocenters. The fraction of sp³-hybridized carbons (Fsp3) is 0.562. The molecule has 3 heteroatoms. The summed E-state index contributed by atoms with van der Waals surface area (Å²) in [6, 6.07) is 9.94. The van der Waals surface area contributed by atoms with Gasteiger partial charge in [0.1, 0.15) is 6.10 Å². The first kappa shape index (κ1) is 20.0. The van der Waals surface area contributed by atoms with Crippen LogP contribution in [0.2, 0.25) is 0 Å². The third-order valence-electron chi connectivity index (χ3n) is 2.25. The van der Waals surface area contributed by atoms with Gasteiger partial charge in [0.15, 0.2) is 0 Å². The molecule has 1 atom stereocenters. The molecule has 0 saturated carbocycles. The molecule has 0 bridgehead atoms. The van der Waals surface area contributed by atoms with Gasteiger partial charge in [0.25, 0.3) is 0 Å². The van der Waals surface area contributed by atoms with Gasteiger partial charge in [0.05, 0.1) is 13.2 Å². The zero-order valence-corrected chi connectivity index (χ0v) is 10.5. The van der Waals surface area contributed by atoms with Crippen molar-refractivity contribution >= 4 is 5.97 Å². The van der Waals surface area contributed by atoms with E-state index in [1.807, 2.05) is 44.2 Å². The van der Waals surface area contributed by atoms with Crippen LogP contribution in [0.15, 0.2) is 30.3 Å².